The van der Waals surface area contributed by atoms with Crippen LogP contribution in [-0.4, -0.2) is 23.1 Å². The first-order chi connectivity index (χ1) is 7.63. The first-order valence-electron chi connectivity index (χ1n) is 4.89. The fourth-order valence-corrected chi connectivity index (χ4v) is 1.58. The van der Waals surface area contributed by atoms with Crippen molar-refractivity contribution in [2.24, 2.45) is 0 Å². The molecule has 0 fully saturated rings. The molecule has 0 saturated heterocycles. The van der Waals surface area contributed by atoms with Gasteiger partial charge in [-0.1, -0.05) is 0 Å². The molecular weight excluding hydrogens is 210 g/mol. The van der Waals surface area contributed by atoms with Gasteiger partial charge in [0.15, 0.2) is 0 Å². The first kappa shape index (κ1) is 10.4. The number of pyridine rings is 1. The van der Waals surface area contributed by atoms with E-state index in [0.29, 0.717) is 5.82 Å². The van der Waals surface area contributed by atoms with E-state index in [4.69, 9.17) is 10.1 Å². The zero-order valence-corrected chi connectivity index (χ0v) is 8.74. The van der Waals surface area contributed by atoms with E-state index in [1.807, 2.05) is 0 Å². The Bertz CT molecular complexity index is 519. The molecular formula is C10H11N3O3. The number of ether oxygens (including phenoxy) is 1. The summed E-state index contributed by atoms with van der Waals surface area (Å²) in [6.45, 7) is 2.05. The van der Waals surface area contributed by atoms with Gasteiger partial charge in [0.2, 0.25) is 5.91 Å². The van der Waals surface area contributed by atoms with Gasteiger partial charge in [0.05, 0.1) is 6.61 Å². The van der Waals surface area contributed by atoms with E-state index in [-0.39, 0.29) is 30.1 Å². The zero-order chi connectivity index (χ0) is 11.7. The number of nitrogens with zero attached hydrogens (tertiary/aromatic N) is 1. The summed E-state index contributed by atoms with van der Waals surface area (Å²) in [5.41, 5.74) is 0.463. The van der Waals surface area contributed by atoms with Gasteiger partial charge in [0, 0.05) is 0 Å². The van der Waals surface area contributed by atoms with Crippen LogP contribution in [0.5, 0.6) is 0 Å². The summed E-state index contributed by atoms with van der Waals surface area (Å²) in [6, 6.07) is 2.95. The predicted molar refractivity (Wildman–Crippen MR) is 54.9 cm³/mol. The van der Waals surface area contributed by atoms with E-state index in [9.17, 15) is 9.59 Å². The highest BCUT2D eigenvalue weighted by Crippen LogP contribution is 2.18. The number of hydrogen-bond donors (Lipinski definition) is 2. The molecule has 16 heavy (non-hydrogen) atoms. The maximum atomic E-state index is 11.6. The van der Waals surface area contributed by atoms with Crippen LogP contribution in [0.4, 0.5) is 5.82 Å². The summed E-state index contributed by atoms with van der Waals surface area (Å²) in [4.78, 5) is 22.8. The summed E-state index contributed by atoms with van der Waals surface area (Å²) in [6.07, 6.45) is 0. The van der Waals surface area contributed by atoms with Gasteiger partial charge in [-0.05, 0) is 19.1 Å². The number of hydrogen-bond acceptors (Lipinski definition) is 4. The SMILES string of the molecule is CCOC(=O)c1ccc(=N)n2c1NC(=O)C2. The lowest BCUT2D eigenvalue weighted by Gasteiger charge is -2.08. The lowest BCUT2D eigenvalue weighted by molar-refractivity contribution is -0.115. The van der Waals surface area contributed by atoms with Crippen LogP contribution >= 0.6 is 0 Å². The Balaban J connectivity index is 2.50. The quantitative estimate of drug-likeness (QED) is 0.694. The smallest absolute Gasteiger partial charge is 0.341 e. The van der Waals surface area contributed by atoms with E-state index >= 15 is 0 Å². The van der Waals surface area contributed by atoms with Crippen LogP contribution in [0.25, 0.3) is 0 Å². The molecule has 0 atom stereocenters. The summed E-state index contributed by atoms with van der Waals surface area (Å²) in [7, 11) is 0. The van der Waals surface area contributed by atoms with Crippen LogP contribution in [-0.2, 0) is 16.1 Å². The van der Waals surface area contributed by atoms with Crippen molar-refractivity contribution in [2.75, 3.05) is 11.9 Å². The molecule has 2 N–H and O–H groups in total. The Morgan fingerprint density at radius 3 is 3.06 bits per heavy atom. The normalized spacial score (nSPS) is 13.2. The molecule has 1 aromatic rings. The second-order valence-corrected chi connectivity index (χ2v) is 3.34. The number of fused-ring (bicyclic) bond motifs is 1. The largest absolute Gasteiger partial charge is 0.462 e. The molecule has 84 valence electrons. The van der Waals surface area contributed by atoms with E-state index in [2.05, 4.69) is 5.32 Å². The van der Waals surface area contributed by atoms with Crippen LogP contribution < -0.4 is 10.8 Å². The fraction of sp³-hybridized carbons (Fsp3) is 0.300. The molecule has 0 unspecified atom stereocenters. The van der Waals surface area contributed by atoms with Gasteiger partial charge in [-0.3, -0.25) is 10.2 Å². The van der Waals surface area contributed by atoms with Crippen LogP contribution in [0.3, 0.4) is 0 Å². The lowest BCUT2D eigenvalue weighted by Crippen LogP contribution is -2.20. The minimum Gasteiger partial charge on any atom is -0.462 e. The number of carbonyl (C=O) groups excluding carboxylic acids is 2. The average Bonchev–Trinajstić information content (AvgIpc) is 2.61. The Morgan fingerprint density at radius 2 is 2.38 bits per heavy atom. The van der Waals surface area contributed by atoms with Crippen LogP contribution in [0, 0.1) is 5.41 Å². The molecule has 0 bridgehead atoms. The molecule has 0 spiro atoms. The Kier molecular flexibility index (Phi) is 2.47. The standard InChI is InChI=1S/C10H11N3O3/c1-2-16-10(15)6-3-4-7(11)13-5-8(14)12-9(6)13/h3-4,11H,2,5H2,1H3,(H,12,14). The van der Waals surface area contributed by atoms with E-state index in [0.717, 1.165) is 0 Å². The molecule has 1 amide bonds. The highest BCUT2D eigenvalue weighted by atomic mass is 16.5. The monoisotopic (exact) mass is 221 g/mol. The maximum absolute atomic E-state index is 11.6. The molecule has 1 aromatic heterocycles. The van der Waals surface area contributed by atoms with E-state index in [1.165, 1.54) is 16.7 Å². The van der Waals surface area contributed by atoms with E-state index in [1.54, 1.807) is 6.92 Å². The number of nitrogens with one attached hydrogen (secondary N) is 2. The molecule has 1 aliphatic rings. The predicted octanol–water partition coefficient (Wildman–Crippen LogP) is 0.0964. The molecule has 2 heterocycles. The third kappa shape index (κ3) is 1.58. The molecule has 0 saturated carbocycles. The Hall–Kier alpha value is -2.11. The van der Waals surface area contributed by atoms with Crippen molar-refractivity contribution in [2.45, 2.75) is 13.5 Å². The minimum atomic E-state index is -0.492. The number of esters is 1. The van der Waals surface area contributed by atoms with Crippen LogP contribution in [0.15, 0.2) is 12.1 Å². The minimum absolute atomic E-state index is 0.0708. The third-order valence-corrected chi connectivity index (χ3v) is 2.28. The van der Waals surface area contributed by atoms with Crippen molar-refractivity contribution >= 4 is 17.7 Å². The topological polar surface area (TPSA) is 84.2 Å². The second kappa shape index (κ2) is 3.80. The van der Waals surface area contributed by atoms with Gasteiger partial charge in [-0.2, -0.15) is 0 Å². The number of carbonyl (C=O) groups is 2. The van der Waals surface area contributed by atoms with Gasteiger partial charge < -0.3 is 14.6 Å². The van der Waals surface area contributed by atoms with Crippen LogP contribution in [0.2, 0.25) is 0 Å². The van der Waals surface area contributed by atoms with Crippen molar-refractivity contribution < 1.29 is 14.3 Å². The Morgan fingerprint density at radius 1 is 1.62 bits per heavy atom. The number of aromatic nitrogens is 1. The van der Waals surface area contributed by atoms with Gasteiger partial charge in [0.1, 0.15) is 23.4 Å². The van der Waals surface area contributed by atoms with Gasteiger partial charge in [-0.25, -0.2) is 4.79 Å². The van der Waals surface area contributed by atoms with Crippen molar-refractivity contribution in [3.63, 3.8) is 0 Å². The summed E-state index contributed by atoms with van der Waals surface area (Å²) < 4.78 is 6.30. The number of rotatable bonds is 2. The van der Waals surface area contributed by atoms with Crippen molar-refractivity contribution in [3.05, 3.63) is 23.2 Å². The lowest BCUT2D eigenvalue weighted by atomic mass is 10.2. The fourth-order valence-electron chi connectivity index (χ4n) is 1.58. The summed E-state index contributed by atoms with van der Waals surface area (Å²) in [5.74, 6) is -0.380. The molecule has 0 radical (unpaired) electrons. The average molecular weight is 221 g/mol. The first-order valence-corrected chi connectivity index (χ1v) is 4.89. The molecule has 0 aliphatic carbocycles. The maximum Gasteiger partial charge on any atom is 0.341 e. The number of anilines is 1. The van der Waals surface area contributed by atoms with Crippen molar-refractivity contribution in [1.82, 2.24) is 4.57 Å². The summed E-state index contributed by atoms with van der Waals surface area (Å²) in [5, 5.41) is 10.1. The van der Waals surface area contributed by atoms with Gasteiger partial charge in [0.25, 0.3) is 0 Å². The van der Waals surface area contributed by atoms with E-state index < -0.39 is 5.97 Å². The zero-order valence-electron chi connectivity index (χ0n) is 8.74. The number of amides is 1. The molecule has 6 nitrogen and oxygen atoms in total. The van der Waals surface area contributed by atoms with Crippen molar-refractivity contribution in [3.8, 4) is 0 Å². The van der Waals surface area contributed by atoms with Crippen molar-refractivity contribution in [1.29, 1.82) is 5.41 Å². The third-order valence-electron chi connectivity index (χ3n) is 2.28. The summed E-state index contributed by atoms with van der Waals surface area (Å²) >= 11 is 0. The molecule has 1 aliphatic heterocycles. The Labute approximate surface area is 91.4 Å². The van der Waals surface area contributed by atoms with Gasteiger partial charge >= 0.3 is 5.97 Å². The highest BCUT2D eigenvalue weighted by molar-refractivity contribution is 6.02. The molecule has 2 rings (SSSR count). The molecule has 6 heteroatoms. The van der Waals surface area contributed by atoms with Gasteiger partial charge in [-0.15, -0.1) is 0 Å². The van der Waals surface area contributed by atoms with Crippen LogP contribution in [0.1, 0.15) is 17.3 Å². The molecule has 0 aromatic carbocycles. The second-order valence-electron chi connectivity index (χ2n) is 3.34. The highest BCUT2D eigenvalue weighted by Gasteiger charge is 2.24.